The molecule has 1 aliphatic rings. The van der Waals surface area contributed by atoms with E-state index in [0.29, 0.717) is 11.6 Å². The molecule has 3 N–H and O–H groups in total. The summed E-state index contributed by atoms with van der Waals surface area (Å²) in [4.78, 5) is 17.0. The zero-order valence-corrected chi connectivity index (χ0v) is 16.4. The summed E-state index contributed by atoms with van der Waals surface area (Å²) >= 11 is 0. The number of aliphatic hydroxyl groups is 1. The van der Waals surface area contributed by atoms with Crippen LogP contribution >= 0.6 is 0 Å². The van der Waals surface area contributed by atoms with Crippen molar-refractivity contribution in [2.75, 3.05) is 0 Å². The van der Waals surface area contributed by atoms with Gasteiger partial charge in [0.15, 0.2) is 0 Å². The monoisotopic (exact) mass is 362 g/mol. The first-order valence-corrected chi connectivity index (χ1v) is 9.83. The van der Waals surface area contributed by atoms with Crippen LogP contribution in [-0.4, -0.2) is 33.8 Å². The van der Waals surface area contributed by atoms with Crippen molar-refractivity contribution in [3.05, 3.63) is 30.1 Å². The number of hydrogen-bond acceptors (Lipinski definition) is 5. The number of nitrogens with two attached hydrogens (primary N) is 1. The summed E-state index contributed by atoms with van der Waals surface area (Å²) in [5, 5.41) is 10.7. The number of aromatic nitrogens is 1. The molecule has 1 aromatic rings. The van der Waals surface area contributed by atoms with Gasteiger partial charge in [0, 0.05) is 12.2 Å². The maximum absolute atomic E-state index is 12.7. The molecule has 1 heterocycles. The highest BCUT2D eigenvalue weighted by Gasteiger charge is 2.32. The quantitative estimate of drug-likeness (QED) is 0.725. The Bertz CT molecular complexity index is 550. The molecule has 0 saturated heterocycles. The lowest BCUT2D eigenvalue weighted by Crippen LogP contribution is -2.39. The van der Waals surface area contributed by atoms with Crippen molar-refractivity contribution in [1.82, 2.24) is 4.98 Å². The first-order valence-electron chi connectivity index (χ1n) is 9.83. The minimum Gasteiger partial charge on any atom is -0.459 e. The lowest BCUT2D eigenvalue weighted by molar-refractivity contribution is -0.157. The number of pyridine rings is 1. The molecular formula is C21H34N2O3. The molecule has 1 fully saturated rings. The third-order valence-electron chi connectivity index (χ3n) is 5.04. The molecule has 146 valence electrons. The highest BCUT2D eigenvalue weighted by molar-refractivity contribution is 5.78. The van der Waals surface area contributed by atoms with Crippen LogP contribution in [-0.2, 0) is 9.53 Å². The van der Waals surface area contributed by atoms with Crippen molar-refractivity contribution in [2.45, 2.75) is 89.4 Å². The predicted octanol–water partition coefficient (Wildman–Crippen LogP) is 3.56. The van der Waals surface area contributed by atoms with Gasteiger partial charge in [-0.15, -0.1) is 0 Å². The largest absolute Gasteiger partial charge is 0.459 e. The Morgan fingerprint density at radius 1 is 1.31 bits per heavy atom. The van der Waals surface area contributed by atoms with Crippen molar-refractivity contribution in [2.24, 2.45) is 11.7 Å². The van der Waals surface area contributed by atoms with Gasteiger partial charge in [0.1, 0.15) is 11.5 Å². The fraction of sp³-hybridized carbons (Fsp3) is 0.714. The number of nitrogens with zero attached hydrogens (tertiary/aromatic N) is 1. The lowest BCUT2D eigenvalue weighted by atomic mass is 9.82. The molecule has 3 unspecified atom stereocenters. The molecule has 0 aromatic carbocycles. The van der Waals surface area contributed by atoms with E-state index in [9.17, 15) is 9.90 Å². The van der Waals surface area contributed by atoms with Crippen LogP contribution in [0.25, 0.3) is 0 Å². The van der Waals surface area contributed by atoms with E-state index in [-0.39, 0.29) is 18.4 Å². The molecule has 2 rings (SSSR count). The van der Waals surface area contributed by atoms with Gasteiger partial charge in [0.2, 0.25) is 0 Å². The van der Waals surface area contributed by atoms with Crippen LogP contribution in [0, 0.1) is 5.92 Å². The SMILES string of the molecule is CC(C)(C)OC(=O)C(CC(O)C(N)CC1CCCCC1)c1ccccn1. The number of esters is 1. The van der Waals surface area contributed by atoms with E-state index in [2.05, 4.69) is 4.98 Å². The number of rotatable bonds is 7. The standard InChI is InChI=1S/C21H34N2O3/c1-21(2,3)26-20(25)16(18-11-7-8-12-23-18)14-19(24)17(22)13-15-9-5-4-6-10-15/h7-8,11-12,15-17,19,24H,4-6,9-10,13-14,22H2,1-3H3. The van der Waals surface area contributed by atoms with Gasteiger partial charge in [-0.25, -0.2) is 0 Å². The molecule has 3 atom stereocenters. The molecule has 0 radical (unpaired) electrons. The molecule has 26 heavy (non-hydrogen) atoms. The summed E-state index contributed by atoms with van der Waals surface area (Å²) in [6, 6.07) is 5.12. The molecule has 0 aliphatic heterocycles. The molecule has 5 nitrogen and oxygen atoms in total. The molecule has 1 aromatic heterocycles. The zero-order valence-electron chi connectivity index (χ0n) is 16.4. The smallest absolute Gasteiger partial charge is 0.315 e. The highest BCUT2D eigenvalue weighted by atomic mass is 16.6. The Morgan fingerprint density at radius 2 is 2.00 bits per heavy atom. The van der Waals surface area contributed by atoms with E-state index in [1.54, 1.807) is 18.3 Å². The second-order valence-corrected chi connectivity index (χ2v) is 8.55. The Balaban J connectivity index is 2.03. The maximum atomic E-state index is 12.7. The van der Waals surface area contributed by atoms with Crippen LogP contribution in [0.15, 0.2) is 24.4 Å². The van der Waals surface area contributed by atoms with Crippen molar-refractivity contribution < 1.29 is 14.6 Å². The molecule has 0 spiro atoms. The molecule has 1 saturated carbocycles. The fourth-order valence-corrected chi connectivity index (χ4v) is 3.67. The van der Waals surface area contributed by atoms with Crippen LogP contribution in [0.4, 0.5) is 0 Å². The second-order valence-electron chi connectivity index (χ2n) is 8.55. The van der Waals surface area contributed by atoms with Gasteiger partial charge in [0.25, 0.3) is 0 Å². The normalized spacial score (nSPS) is 19.6. The summed E-state index contributed by atoms with van der Waals surface area (Å²) in [7, 11) is 0. The van der Waals surface area contributed by atoms with E-state index in [4.69, 9.17) is 10.5 Å². The van der Waals surface area contributed by atoms with E-state index in [1.165, 1.54) is 32.1 Å². The van der Waals surface area contributed by atoms with E-state index >= 15 is 0 Å². The number of carbonyl (C=O) groups excluding carboxylic acids is 1. The Labute approximate surface area is 157 Å². The summed E-state index contributed by atoms with van der Waals surface area (Å²) in [5.74, 6) is -0.383. The molecular weight excluding hydrogens is 328 g/mol. The van der Waals surface area contributed by atoms with Crippen LogP contribution in [0.5, 0.6) is 0 Å². The predicted molar refractivity (Wildman–Crippen MR) is 103 cm³/mol. The van der Waals surface area contributed by atoms with Crippen molar-refractivity contribution in [3.63, 3.8) is 0 Å². The van der Waals surface area contributed by atoms with Crippen LogP contribution in [0.3, 0.4) is 0 Å². The lowest BCUT2D eigenvalue weighted by Gasteiger charge is -2.29. The van der Waals surface area contributed by atoms with E-state index in [0.717, 1.165) is 6.42 Å². The average Bonchev–Trinajstić information content (AvgIpc) is 2.59. The van der Waals surface area contributed by atoms with Crippen molar-refractivity contribution in [1.29, 1.82) is 0 Å². The van der Waals surface area contributed by atoms with Crippen LogP contribution in [0.1, 0.15) is 77.3 Å². The first kappa shape index (κ1) is 20.8. The highest BCUT2D eigenvalue weighted by Crippen LogP contribution is 2.30. The molecule has 0 amide bonds. The third-order valence-corrected chi connectivity index (χ3v) is 5.04. The Morgan fingerprint density at radius 3 is 2.58 bits per heavy atom. The first-order chi connectivity index (χ1) is 12.3. The van der Waals surface area contributed by atoms with Gasteiger partial charge in [-0.1, -0.05) is 38.2 Å². The Hall–Kier alpha value is -1.46. The number of ether oxygens (including phenoxy) is 1. The second kappa shape index (κ2) is 9.47. The maximum Gasteiger partial charge on any atom is 0.315 e. The van der Waals surface area contributed by atoms with Gasteiger partial charge >= 0.3 is 5.97 Å². The number of carbonyl (C=O) groups is 1. The van der Waals surface area contributed by atoms with Crippen molar-refractivity contribution in [3.8, 4) is 0 Å². The van der Waals surface area contributed by atoms with Gasteiger partial charge < -0.3 is 15.6 Å². The molecule has 0 bridgehead atoms. The Kier molecular flexibility index (Phi) is 7.59. The van der Waals surface area contributed by atoms with Gasteiger partial charge in [-0.2, -0.15) is 0 Å². The van der Waals surface area contributed by atoms with E-state index in [1.807, 2.05) is 26.8 Å². The summed E-state index contributed by atoms with van der Waals surface area (Å²) in [6.07, 6.45) is 8.13. The van der Waals surface area contributed by atoms with Crippen LogP contribution < -0.4 is 5.73 Å². The average molecular weight is 363 g/mol. The summed E-state index contributed by atoms with van der Waals surface area (Å²) < 4.78 is 5.55. The number of hydrogen-bond donors (Lipinski definition) is 2. The summed E-state index contributed by atoms with van der Waals surface area (Å²) in [6.45, 7) is 5.52. The van der Waals surface area contributed by atoms with E-state index < -0.39 is 17.6 Å². The van der Waals surface area contributed by atoms with Gasteiger partial charge in [-0.3, -0.25) is 9.78 Å². The van der Waals surface area contributed by atoms with Crippen molar-refractivity contribution >= 4 is 5.97 Å². The third kappa shape index (κ3) is 6.69. The zero-order chi connectivity index (χ0) is 19.2. The van der Waals surface area contributed by atoms with Gasteiger partial charge in [0.05, 0.1) is 11.8 Å². The summed E-state index contributed by atoms with van der Waals surface area (Å²) in [5.41, 5.74) is 6.31. The molecule has 5 heteroatoms. The molecule has 1 aliphatic carbocycles. The van der Waals surface area contributed by atoms with Gasteiger partial charge in [-0.05, 0) is 51.7 Å². The topological polar surface area (TPSA) is 85.4 Å². The minimum absolute atomic E-state index is 0.236. The number of aliphatic hydroxyl groups excluding tert-OH is 1. The van der Waals surface area contributed by atoms with Crippen LogP contribution in [0.2, 0.25) is 0 Å². The fourth-order valence-electron chi connectivity index (χ4n) is 3.67. The minimum atomic E-state index is -0.753.